The predicted molar refractivity (Wildman–Crippen MR) is 296 cm³/mol. The standard InChI is InChI=1S/C57H103O23P/c1-3-5-7-9-11-13-15-17-19-21-23-25-27-29-31-33-42(60)73-37-39(75-43(61)34-32-30-28-26-24-22-20-18-16-14-12-10-8-6-4-2)38-74-81(71,72)80-55-53(78-56-51(69)46(64)44(62)40(35-58)76-56)49(67)48(66)50(68)54(55)79-57-52(70)47(65)45(63)41(36-59)77-57/h17-20,39-41,44-59,62-70H,3-16,21-38H2,1-2H3,(H,71,72)/b19-17-,20-18-/t39-,40?,41?,44-,45+,46?,47?,48?,49?,50?,51-,52+,53-,54?,55?,56-,57+/m1/s1. The molecule has 0 radical (unpaired) electrons. The van der Waals surface area contributed by atoms with Crippen LogP contribution in [0.25, 0.3) is 0 Å². The van der Waals surface area contributed by atoms with Gasteiger partial charge in [-0.15, -0.1) is 0 Å². The quantitative estimate of drug-likeness (QED) is 0.0173. The average Bonchev–Trinajstić information content (AvgIpc) is 3.48. The maximum Gasteiger partial charge on any atom is 0.472 e. The molecule has 1 saturated carbocycles. The van der Waals surface area contributed by atoms with Crippen molar-refractivity contribution in [1.82, 2.24) is 0 Å². The molecule has 0 spiro atoms. The number of esters is 2. The van der Waals surface area contributed by atoms with Crippen LogP contribution >= 0.6 is 7.82 Å². The van der Waals surface area contributed by atoms with Crippen LogP contribution in [0, 0.1) is 0 Å². The van der Waals surface area contributed by atoms with E-state index in [9.17, 15) is 75.2 Å². The van der Waals surface area contributed by atoms with Crippen molar-refractivity contribution in [2.75, 3.05) is 26.4 Å². The number of phosphoric acid groups is 1. The third-order valence-electron chi connectivity index (χ3n) is 15.0. The lowest BCUT2D eigenvalue weighted by Gasteiger charge is -2.49. The molecule has 12 N–H and O–H groups in total. The number of aliphatic hydroxyl groups is 11. The SMILES string of the molecule is CCCCCCCC/C=C\CCCCCCCC(=O)OC[C@H](COP(=O)(O)OC1C(O[C@@H]2OC(CO)[C@H](O)C(O)[C@@H]2O)C(O)C(O)C(O)[C@H]1O[C@H]1OC(CO)[C@@H](O)C(O)[C@H]1O)OC(=O)CCCCCCC/C=C\CCCCCCCC. The highest BCUT2D eigenvalue weighted by Gasteiger charge is 2.58. The van der Waals surface area contributed by atoms with Gasteiger partial charge in [-0.1, -0.05) is 141 Å². The van der Waals surface area contributed by atoms with E-state index in [0.717, 1.165) is 77.0 Å². The van der Waals surface area contributed by atoms with Gasteiger partial charge in [0.25, 0.3) is 0 Å². The molecular formula is C57H103O23P. The summed E-state index contributed by atoms with van der Waals surface area (Å²) in [6.07, 6.45) is 1.53. The van der Waals surface area contributed by atoms with Crippen LogP contribution in [0.5, 0.6) is 0 Å². The number of allylic oxidation sites excluding steroid dienone is 4. The first-order valence-corrected chi connectivity index (χ1v) is 31.7. The van der Waals surface area contributed by atoms with E-state index < -0.39 is 150 Å². The topological polar surface area (TPSA) is 368 Å². The minimum absolute atomic E-state index is 0.0417. The van der Waals surface area contributed by atoms with Crippen LogP contribution in [0.4, 0.5) is 0 Å². The summed E-state index contributed by atoms with van der Waals surface area (Å²) >= 11 is 0. The van der Waals surface area contributed by atoms with E-state index >= 15 is 0 Å². The van der Waals surface area contributed by atoms with E-state index in [1.54, 1.807) is 0 Å². The van der Waals surface area contributed by atoms with Crippen LogP contribution < -0.4 is 0 Å². The average molecular weight is 1190 g/mol. The second-order valence-corrected chi connectivity index (χ2v) is 23.3. The molecule has 0 amide bonds. The molecule has 0 aromatic rings. The van der Waals surface area contributed by atoms with Crippen LogP contribution in [0.2, 0.25) is 0 Å². The second kappa shape index (κ2) is 41.9. The van der Waals surface area contributed by atoms with Gasteiger partial charge in [-0.05, 0) is 64.2 Å². The Labute approximate surface area is 479 Å². The van der Waals surface area contributed by atoms with Gasteiger partial charge in [-0.3, -0.25) is 18.6 Å². The molecule has 1 aliphatic carbocycles. The second-order valence-electron chi connectivity index (χ2n) is 21.9. The van der Waals surface area contributed by atoms with Gasteiger partial charge in [0.05, 0.1) is 19.8 Å². The van der Waals surface area contributed by atoms with Crippen molar-refractivity contribution in [2.24, 2.45) is 0 Å². The summed E-state index contributed by atoms with van der Waals surface area (Å²) < 4.78 is 58.1. The van der Waals surface area contributed by atoms with Crippen LogP contribution in [-0.4, -0.2) is 204 Å². The van der Waals surface area contributed by atoms with Gasteiger partial charge >= 0.3 is 19.8 Å². The summed E-state index contributed by atoms with van der Waals surface area (Å²) in [6.45, 7) is 0.986. The molecule has 3 rings (SSSR count). The predicted octanol–water partition coefficient (Wildman–Crippen LogP) is 4.49. The molecular weight excluding hydrogens is 1080 g/mol. The summed E-state index contributed by atoms with van der Waals surface area (Å²) in [7, 11) is -5.64. The van der Waals surface area contributed by atoms with E-state index in [1.165, 1.54) is 77.0 Å². The number of carbonyl (C=O) groups is 2. The van der Waals surface area contributed by atoms with Crippen LogP contribution in [0.1, 0.15) is 194 Å². The van der Waals surface area contributed by atoms with E-state index in [0.29, 0.717) is 12.8 Å². The zero-order valence-electron chi connectivity index (χ0n) is 48.1. The Morgan fingerprint density at radius 3 is 1.21 bits per heavy atom. The smallest absolute Gasteiger partial charge is 0.462 e. The van der Waals surface area contributed by atoms with Crippen molar-refractivity contribution >= 4 is 19.8 Å². The number of hydrogen-bond acceptors (Lipinski definition) is 22. The Morgan fingerprint density at radius 2 is 0.815 bits per heavy atom. The molecule has 2 heterocycles. The molecule has 0 aromatic heterocycles. The maximum absolute atomic E-state index is 14.0. The number of ether oxygens (including phenoxy) is 6. The number of hydrogen-bond donors (Lipinski definition) is 12. The lowest BCUT2D eigenvalue weighted by Crippen LogP contribution is -2.69. The molecule has 18 atom stereocenters. The van der Waals surface area contributed by atoms with Gasteiger partial charge in [0.1, 0.15) is 92.1 Å². The minimum Gasteiger partial charge on any atom is -0.462 e. The summed E-state index contributed by atoms with van der Waals surface area (Å²) in [4.78, 5) is 37.5. The van der Waals surface area contributed by atoms with Crippen molar-refractivity contribution in [3.63, 3.8) is 0 Å². The number of carbonyl (C=O) groups excluding carboxylic acids is 2. The fourth-order valence-corrected chi connectivity index (χ4v) is 10.9. The summed E-state index contributed by atoms with van der Waals surface area (Å²) in [5.41, 5.74) is 0. The third kappa shape index (κ3) is 27.5. The summed E-state index contributed by atoms with van der Waals surface area (Å²) in [6, 6.07) is 0. The molecule has 2 aliphatic heterocycles. The maximum atomic E-state index is 14.0. The molecule has 81 heavy (non-hydrogen) atoms. The number of aliphatic hydroxyl groups excluding tert-OH is 11. The Kier molecular flexibility index (Phi) is 37.8. The minimum atomic E-state index is -5.64. The van der Waals surface area contributed by atoms with Crippen molar-refractivity contribution in [3.8, 4) is 0 Å². The fraction of sp³-hybridized carbons (Fsp3) is 0.895. The molecule has 10 unspecified atom stereocenters. The normalized spacial score (nSPS) is 31.1. The molecule has 24 heteroatoms. The van der Waals surface area contributed by atoms with Crippen molar-refractivity contribution in [2.45, 2.75) is 298 Å². The Balaban J connectivity index is 1.70. The monoisotopic (exact) mass is 1190 g/mol. The van der Waals surface area contributed by atoms with Crippen LogP contribution in [0.3, 0.4) is 0 Å². The third-order valence-corrected chi connectivity index (χ3v) is 16.0. The lowest BCUT2D eigenvalue weighted by atomic mass is 9.84. The van der Waals surface area contributed by atoms with Gasteiger partial charge in [0.2, 0.25) is 0 Å². The van der Waals surface area contributed by atoms with Crippen molar-refractivity contribution < 1.29 is 113 Å². The first-order chi connectivity index (χ1) is 38.9. The molecule has 2 saturated heterocycles. The summed E-state index contributed by atoms with van der Waals surface area (Å²) in [5, 5.41) is 117. The van der Waals surface area contributed by atoms with Crippen molar-refractivity contribution in [1.29, 1.82) is 0 Å². The van der Waals surface area contributed by atoms with E-state index in [-0.39, 0.29) is 12.8 Å². The Morgan fingerprint density at radius 1 is 0.457 bits per heavy atom. The molecule has 3 aliphatic rings. The lowest BCUT2D eigenvalue weighted by molar-refractivity contribution is -0.360. The highest BCUT2D eigenvalue weighted by Crippen LogP contribution is 2.49. The molecule has 23 nitrogen and oxygen atoms in total. The molecule has 0 aromatic carbocycles. The molecule has 0 bridgehead atoms. The first kappa shape index (κ1) is 73.2. The first-order valence-electron chi connectivity index (χ1n) is 30.2. The van der Waals surface area contributed by atoms with E-state index in [4.69, 9.17) is 37.5 Å². The highest BCUT2D eigenvalue weighted by atomic mass is 31.2. The molecule has 474 valence electrons. The van der Waals surface area contributed by atoms with E-state index in [1.807, 2.05) is 0 Å². The van der Waals surface area contributed by atoms with Crippen LogP contribution in [-0.2, 0) is 51.6 Å². The zero-order chi connectivity index (χ0) is 59.6. The highest BCUT2D eigenvalue weighted by molar-refractivity contribution is 7.47. The van der Waals surface area contributed by atoms with E-state index in [2.05, 4.69) is 38.2 Å². The summed E-state index contributed by atoms with van der Waals surface area (Å²) in [5.74, 6) is -1.35. The van der Waals surface area contributed by atoms with Gasteiger partial charge < -0.3 is 89.5 Å². The van der Waals surface area contributed by atoms with Gasteiger partial charge in [-0.25, -0.2) is 4.57 Å². The van der Waals surface area contributed by atoms with Crippen LogP contribution in [0.15, 0.2) is 24.3 Å². The zero-order valence-corrected chi connectivity index (χ0v) is 49.0. The Hall–Kier alpha value is -2.07. The van der Waals surface area contributed by atoms with Gasteiger partial charge in [0.15, 0.2) is 18.7 Å². The van der Waals surface area contributed by atoms with Gasteiger partial charge in [-0.2, -0.15) is 0 Å². The van der Waals surface area contributed by atoms with Crippen molar-refractivity contribution in [3.05, 3.63) is 24.3 Å². The number of unbranched alkanes of at least 4 members (excludes halogenated alkanes) is 22. The van der Waals surface area contributed by atoms with Gasteiger partial charge in [0, 0.05) is 12.8 Å². The molecule has 3 fully saturated rings. The number of phosphoric ester groups is 1. The fourth-order valence-electron chi connectivity index (χ4n) is 9.93. The number of rotatable bonds is 44. The Bertz CT molecular complexity index is 1710. The largest absolute Gasteiger partial charge is 0.472 e.